The van der Waals surface area contributed by atoms with Crippen LogP contribution in [0, 0.1) is 24.7 Å². The molecule has 8 aromatic carbocycles. The number of amides is 1. The third-order valence-corrected chi connectivity index (χ3v) is 35.5. The zero-order chi connectivity index (χ0) is 93.8. The minimum atomic E-state index is -0.910. The number of aromatic nitrogens is 4. The molecule has 12 aromatic rings. The highest BCUT2D eigenvalue weighted by Crippen LogP contribution is 2.70. The average Bonchev–Trinajstić information content (AvgIpc) is 1.50. The number of likely N-dealkylation sites (N-methyl/N-ethyl adjacent to an activating group) is 2. The van der Waals surface area contributed by atoms with E-state index in [-0.39, 0.29) is 75.7 Å². The van der Waals surface area contributed by atoms with Gasteiger partial charge in [0.25, 0.3) is 5.91 Å². The third-order valence-electron chi connectivity index (χ3n) is 35.5. The maximum absolute atomic E-state index is 13.6. The molecule has 8 N–H and O–H groups in total. The first kappa shape index (κ1) is 90.5. The van der Waals surface area contributed by atoms with Crippen molar-refractivity contribution in [1.29, 1.82) is 0 Å². The monoisotopic (exact) mass is 1820 g/mol. The molecule has 13 aliphatic rings. The van der Waals surface area contributed by atoms with E-state index in [0.717, 1.165) is 206 Å². The number of Topliss-reactive ketones (excluding diaryl/α,β-unsaturated/α-hetero) is 1. The number of pyridine rings is 2. The van der Waals surface area contributed by atoms with Crippen molar-refractivity contribution < 1.29 is 50.1 Å². The summed E-state index contributed by atoms with van der Waals surface area (Å²) in [5.74, 6) is 3.93. The zero-order valence-corrected chi connectivity index (χ0v) is 80.5. The van der Waals surface area contributed by atoms with Crippen LogP contribution in [0.25, 0.3) is 32.7 Å². The molecule has 20 nitrogen and oxygen atoms in total. The van der Waals surface area contributed by atoms with E-state index in [4.69, 9.17) is 14.7 Å². The number of carbonyl (C=O) groups excluding carboxylic acids is 2. The lowest BCUT2D eigenvalue weighted by Crippen LogP contribution is -2.74. The van der Waals surface area contributed by atoms with E-state index in [1.807, 2.05) is 54.3 Å². The molecule has 11 atom stereocenters. The number of benzene rings is 8. The molecule has 135 heavy (non-hydrogen) atoms. The molecule has 1 spiro atoms. The molecule has 7 aliphatic heterocycles. The summed E-state index contributed by atoms with van der Waals surface area (Å²) in [4.78, 5) is 53.6. The van der Waals surface area contributed by atoms with Crippen LogP contribution in [0.4, 0.5) is 0 Å². The van der Waals surface area contributed by atoms with Gasteiger partial charge in [-0.25, -0.2) is 0 Å². The van der Waals surface area contributed by atoms with Crippen LogP contribution < -0.4 is 4.74 Å². The molecule has 0 saturated carbocycles. The number of nitrogens with zero attached hydrogens (tertiary/aromatic N) is 9. The van der Waals surface area contributed by atoms with Gasteiger partial charge in [-0.1, -0.05) is 116 Å². The van der Waals surface area contributed by atoms with Crippen molar-refractivity contribution >= 4 is 44.4 Å². The van der Waals surface area contributed by atoms with Gasteiger partial charge in [-0.2, -0.15) is 0 Å². The summed E-state index contributed by atoms with van der Waals surface area (Å²) in [6, 6.07) is 59.8. The predicted molar refractivity (Wildman–Crippen MR) is 531 cm³/mol. The SMILES string of the molecule is CCC(=O)C1(c2cccc(O)c2)CCN(C)CC1.CN1CC[C@@]2(c3cccc(O)c3)Cc3nc4ccccc4cc3C[C@@H]2C1.CN1CC[C@]2(c3cccc(O)c3)Cc3nc4ccccc4cc3C[C@H]2C1.CN1CC[C@]23c4c5ccc(O)c4OC2c2c(c4cccc6c4n2CCC6)C[C@@]3(O)[C@H]1C5.Cc1c(C(=O)N(C(C)C)C(C)C)[nH]c2c1C[C@H]1[C@H]3Cc4ccc(CO)c(O)c4[C@@]1(CCN3C)C2. The fourth-order valence-electron chi connectivity index (χ4n) is 28.7. The first-order chi connectivity index (χ1) is 65.0. The topological polar surface area (TPSA) is 251 Å². The normalized spacial score (nSPS) is 26.9. The second-order valence-corrected chi connectivity index (χ2v) is 43.2. The van der Waals surface area contributed by atoms with Crippen LogP contribution in [0.5, 0.6) is 34.5 Å². The number of aryl methyl sites for hydroxylation is 2. The smallest absolute Gasteiger partial charge is 0.271 e. The molecule has 4 aromatic heterocycles. The van der Waals surface area contributed by atoms with Crippen LogP contribution >= 0.6 is 0 Å². The molecular weight excluding hydrogens is 1680 g/mol. The van der Waals surface area contributed by atoms with Gasteiger partial charge in [0.15, 0.2) is 17.6 Å². The Balaban J connectivity index is 0.000000102. The van der Waals surface area contributed by atoms with Gasteiger partial charge in [-0.05, 0) is 345 Å². The van der Waals surface area contributed by atoms with Gasteiger partial charge in [-0.3, -0.25) is 19.6 Å². The lowest BCUT2D eigenvalue weighted by Gasteiger charge is -2.62. The Morgan fingerprint density at radius 3 is 1.70 bits per heavy atom. The number of nitrogens with one attached hydrogen (secondary N) is 1. The number of phenols is 5. The average molecular weight is 1820 g/mol. The standard InChI is InChI=1S/C28H39N3O3.C26H26N2O3.2C23H24N2O.C15H21NO2/c1-15(2)31(16(3)4)27(34)25-17(5)20-12-21-23-11-18-7-8-19(14-32)26(33)24(18)28(21,9-10-30(23)6)13-22(20)29-25;1-27-11-9-25-20-15-7-8-18(29)23(20)31-24(25)22-17(13-26(25,30)19(27)12-15)16-6-2-4-14-5-3-10-28(22)21(14)16;2*1-25-10-9-23(18-6-4-7-20(26)13-18)14-22-17(12-19(23)15-25)11-16-5-2-3-8-21(16)24-22;1-3-14(18)15(7-9-16(2)10-8-15)12-5-4-6-13(17)11-12/h7-8,15-16,21,23,29,32-33H,9-14H2,1-6H3;2,4,6-8,19,24,29-30H,3,5,9-13H2,1H3;2*2-8,11,13,19,26H,9-10,12,14-15H2,1H3;4-6,11,17H,3,7-10H2,1-2H3/t21-,23+,28-;19-,24?,25+,26-;2*19-,23+;/m0110./s1. The Hall–Kier alpha value is -10.9. The van der Waals surface area contributed by atoms with Gasteiger partial charge in [0.1, 0.15) is 34.5 Å². The van der Waals surface area contributed by atoms with Gasteiger partial charge >= 0.3 is 0 Å². The Kier molecular flexibility index (Phi) is 23.2. The van der Waals surface area contributed by atoms with Crippen LogP contribution in [0.3, 0.4) is 0 Å². The highest BCUT2D eigenvalue weighted by Gasteiger charge is 2.73. The molecule has 6 aliphatic carbocycles. The quantitative estimate of drug-likeness (QED) is 0.0669. The largest absolute Gasteiger partial charge is 0.508 e. The van der Waals surface area contributed by atoms with E-state index < -0.39 is 11.0 Å². The fraction of sp³-hybridized carbons (Fsp3) is 0.461. The molecule has 25 rings (SSSR count). The van der Waals surface area contributed by atoms with Crippen molar-refractivity contribution in [3.63, 3.8) is 0 Å². The summed E-state index contributed by atoms with van der Waals surface area (Å²) in [6.45, 7) is 21.3. The highest BCUT2D eigenvalue weighted by atomic mass is 16.5. The Labute approximate surface area is 794 Å². The number of para-hydroxylation sites is 3. The van der Waals surface area contributed by atoms with E-state index in [0.29, 0.717) is 65.2 Å². The molecule has 20 heteroatoms. The number of aliphatic hydroxyl groups is 2. The van der Waals surface area contributed by atoms with Crippen molar-refractivity contribution in [2.75, 3.05) is 87.6 Å². The number of ether oxygens (including phenoxy) is 1. The Morgan fingerprint density at radius 1 is 0.541 bits per heavy atom. The molecule has 704 valence electrons. The van der Waals surface area contributed by atoms with Crippen molar-refractivity contribution in [2.24, 2.45) is 17.8 Å². The Bertz CT molecular complexity index is 6480. The van der Waals surface area contributed by atoms with Crippen LogP contribution in [0.2, 0.25) is 0 Å². The molecule has 5 fully saturated rings. The molecule has 4 bridgehead atoms. The number of rotatable bonds is 9. The number of H-pyrrole nitrogens is 1. The molecule has 1 unspecified atom stereocenters. The summed E-state index contributed by atoms with van der Waals surface area (Å²) in [5.41, 5.74) is 23.8. The lowest BCUT2D eigenvalue weighted by atomic mass is 9.49. The fourth-order valence-corrected chi connectivity index (χ4v) is 28.7. The first-order valence-corrected chi connectivity index (χ1v) is 50.0. The second-order valence-electron chi connectivity index (χ2n) is 43.2. The van der Waals surface area contributed by atoms with Gasteiger partial charge in [0.05, 0.1) is 45.3 Å². The van der Waals surface area contributed by atoms with E-state index in [9.17, 15) is 45.3 Å². The molecule has 0 radical (unpaired) electrons. The molecule has 1 amide bonds. The van der Waals surface area contributed by atoms with Gasteiger partial charge in [-0.15, -0.1) is 0 Å². The third kappa shape index (κ3) is 14.7. The number of aromatic hydroxyl groups is 5. The number of likely N-dealkylation sites (tertiary alicyclic amines) is 5. The number of fused-ring (bicyclic) bond motifs is 12. The van der Waals surface area contributed by atoms with Crippen molar-refractivity contribution in [2.45, 2.75) is 233 Å². The number of carbonyl (C=O) groups is 2. The summed E-state index contributed by atoms with van der Waals surface area (Å²) in [7, 11) is 10.9. The molecular formula is C115H134N10O10. The summed E-state index contributed by atoms with van der Waals surface area (Å²) >= 11 is 0. The molecule has 11 heterocycles. The van der Waals surface area contributed by atoms with Gasteiger partial charge in [0, 0.05) is 136 Å². The van der Waals surface area contributed by atoms with Gasteiger partial charge < -0.3 is 79.4 Å². The van der Waals surface area contributed by atoms with E-state index >= 15 is 0 Å². The maximum atomic E-state index is 13.6. The first-order valence-electron chi connectivity index (χ1n) is 50.0. The molecule has 5 saturated heterocycles. The van der Waals surface area contributed by atoms with Crippen LogP contribution in [-0.2, 0) is 109 Å². The summed E-state index contributed by atoms with van der Waals surface area (Å²) < 4.78 is 9.22. The van der Waals surface area contributed by atoms with E-state index in [1.165, 1.54) is 88.8 Å². The number of aliphatic hydroxyl groups excluding tert-OH is 1. The zero-order valence-electron chi connectivity index (χ0n) is 80.5. The van der Waals surface area contributed by atoms with Crippen molar-refractivity contribution in [1.82, 2.24) is 48.9 Å². The minimum absolute atomic E-state index is 0.0511. The number of hydrogen-bond donors (Lipinski definition) is 8. The van der Waals surface area contributed by atoms with Crippen LogP contribution in [0.1, 0.15) is 203 Å². The number of piperidine rings is 5. The van der Waals surface area contributed by atoms with Crippen molar-refractivity contribution in [3.05, 3.63) is 282 Å². The minimum Gasteiger partial charge on any atom is -0.508 e. The maximum Gasteiger partial charge on any atom is 0.271 e. The van der Waals surface area contributed by atoms with E-state index in [2.05, 4.69) is 207 Å². The number of phenolic OH excluding ortho intramolecular Hbond substituents is 4. The Morgan fingerprint density at radius 2 is 1.10 bits per heavy atom. The predicted octanol–water partition coefficient (Wildman–Crippen LogP) is 17.1. The van der Waals surface area contributed by atoms with Crippen LogP contribution in [-0.4, -0.2) is 214 Å². The highest BCUT2D eigenvalue weighted by molar-refractivity contribution is 5.95. The van der Waals surface area contributed by atoms with Crippen LogP contribution in [0.15, 0.2) is 176 Å². The van der Waals surface area contributed by atoms with E-state index in [1.54, 1.807) is 30.3 Å². The lowest BCUT2D eigenvalue weighted by molar-refractivity contribution is -0.168. The van der Waals surface area contributed by atoms with Gasteiger partial charge in [0.2, 0.25) is 0 Å². The number of hydrogen-bond acceptors (Lipinski definition) is 17. The van der Waals surface area contributed by atoms with Crippen molar-refractivity contribution in [3.8, 4) is 34.5 Å². The summed E-state index contributed by atoms with van der Waals surface area (Å²) in [6.07, 6.45) is 16.4. The summed E-state index contributed by atoms with van der Waals surface area (Å²) in [5, 5.41) is 78.2. The second kappa shape index (κ2) is 34.6. The number of aromatic amines is 1. The number of ketones is 1.